The highest BCUT2D eigenvalue weighted by Crippen LogP contribution is 2.14. The first-order valence-electron chi connectivity index (χ1n) is 4.52. The van der Waals surface area contributed by atoms with Crippen LogP contribution in [-0.2, 0) is 11.2 Å². The largest absolute Gasteiger partial charge is 0.481 e. The molecule has 1 unspecified atom stereocenters. The van der Waals surface area contributed by atoms with E-state index in [9.17, 15) is 4.79 Å². The van der Waals surface area contributed by atoms with Crippen molar-refractivity contribution in [3.8, 4) is 0 Å². The molecule has 0 aliphatic carbocycles. The molecule has 0 amide bonds. The molecule has 4 nitrogen and oxygen atoms in total. The van der Waals surface area contributed by atoms with Crippen LogP contribution >= 0.6 is 0 Å². The number of carbonyl (C=O) groups is 1. The van der Waals surface area contributed by atoms with Crippen LogP contribution in [0.2, 0.25) is 0 Å². The Morgan fingerprint density at radius 3 is 2.36 bits per heavy atom. The van der Waals surface area contributed by atoms with Crippen molar-refractivity contribution in [3.05, 3.63) is 23.3 Å². The molecule has 0 saturated carbocycles. The molecule has 1 aromatic heterocycles. The lowest BCUT2D eigenvalue weighted by Crippen LogP contribution is -2.14. The van der Waals surface area contributed by atoms with E-state index in [1.165, 1.54) is 6.33 Å². The molecule has 1 N–H and O–H groups in total. The second-order valence-corrected chi connectivity index (χ2v) is 3.47. The lowest BCUT2D eigenvalue weighted by atomic mass is 9.99. The fraction of sp³-hybridized carbons (Fsp3) is 0.500. The fourth-order valence-corrected chi connectivity index (χ4v) is 1.31. The summed E-state index contributed by atoms with van der Waals surface area (Å²) in [6.07, 6.45) is 1.99. The van der Waals surface area contributed by atoms with Gasteiger partial charge in [0.2, 0.25) is 0 Å². The van der Waals surface area contributed by atoms with Crippen molar-refractivity contribution in [1.82, 2.24) is 9.97 Å². The van der Waals surface area contributed by atoms with Gasteiger partial charge in [0.05, 0.1) is 5.92 Å². The van der Waals surface area contributed by atoms with Gasteiger partial charge in [-0.3, -0.25) is 4.79 Å². The van der Waals surface area contributed by atoms with Crippen molar-refractivity contribution in [2.45, 2.75) is 27.2 Å². The first-order chi connectivity index (χ1) is 6.52. The Kier molecular flexibility index (Phi) is 3.17. The Balaban J connectivity index is 2.91. The number of aromatic nitrogens is 2. The molecular formula is C10H14N2O2. The quantitative estimate of drug-likeness (QED) is 0.789. The summed E-state index contributed by atoms with van der Waals surface area (Å²) in [5, 5.41) is 8.78. The molecule has 0 aliphatic heterocycles. The Bertz CT molecular complexity index is 330. The van der Waals surface area contributed by atoms with Crippen molar-refractivity contribution >= 4 is 5.97 Å². The molecule has 0 fully saturated rings. The Hall–Kier alpha value is -1.45. The normalized spacial score (nSPS) is 12.5. The van der Waals surface area contributed by atoms with Crippen molar-refractivity contribution in [2.24, 2.45) is 5.92 Å². The Labute approximate surface area is 83.0 Å². The fourth-order valence-electron chi connectivity index (χ4n) is 1.31. The van der Waals surface area contributed by atoms with Crippen LogP contribution in [0, 0.1) is 19.8 Å². The predicted octanol–water partition coefficient (Wildman–Crippen LogP) is 1.36. The third kappa shape index (κ3) is 2.28. The predicted molar refractivity (Wildman–Crippen MR) is 52.0 cm³/mol. The van der Waals surface area contributed by atoms with Crippen LogP contribution in [0.25, 0.3) is 0 Å². The Morgan fingerprint density at radius 1 is 1.43 bits per heavy atom. The maximum absolute atomic E-state index is 10.7. The van der Waals surface area contributed by atoms with Gasteiger partial charge in [0.15, 0.2) is 0 Å². The van der Waals surface area contributed by atoms with E-state index in [0.29, 0.717) is 6.42 Å². The van der Waals surface area contributed by atoms with Gasteiger partial charge in [-0.15, -0.1) is 0 Å². The summed E-state index contributed by atoms with van der Waals surface area (Å²) in [4.78, 5) is 18.8. The summed E-state index contributed by atoms with van der Waals surface area (Å²) < 4.78 is 0. The van der Waals surface area contributed by atoms with Gasteiger partial charge < -0.3 is 5.11 Å². The van der Waals surface area contributed by atoms with Crippen molar-refractivity contribution < 1.29 is 9.90 Å². The van der Waals surface area contributed by atoms with Crippen LogP contribution in [0.1, 0.15) is 23.9 Å². The van der Waals surface area contributed by atoms with Crippen LogP contribution in [0.5, 0.6) is 0 Å². The van der Waals surface area contributed by atoms with Gasteiger partial charge in [-0.2, -0.15) is 0 Å². The number of aryl methyl sites for hydroxylation is 2. The number of carboxylic acids is 1. The molecule has 0 aliphatic rings. The van der Waals surface area contributed by atoms with E-state index in [-0.39, 0.29) is 0 Å². The van der Waals surface area contributed by atoms with E-state index in [0.717, 1.165) is 17.0 Å². The molecule has 0 aromatic carbocycles. The van der Waals surface area contributed by atoms with E-state index in [2.05, 4.69) is 9.97 Å². The zero-order chi connectivity index (χ0) is 10.7. The third-order valence-corrected chi connectivity index (χ3v) is 2.31. The summed E-state index contributed by atoms with van der Waals surface area (Å²) in [5.41, 5.74) is 2.68. The number of carboxylic acid groups (broad SMARTS) is 1. The SMILES string of the molecule is Cc1ncnc(C)c1CC(C)C(=O)O. The van der Waals surface area contributed by atoms with Gasteiger partial charge in [-0.25, -0.2) is 9.97 Å². The summed E-state index contributed by atoms with van der Waals surface area (Å²) in [5.74, 6) is -1.17. The molecule has 0 radical (unpaired) electrons. The van der Waals surface area contributed by atoms with Gasteiger partial charge in [0, 0.05) is 11.4 Å². The van der Waals surface area contributed by atoms with Crippen molar-refractivity contribution in [1.29, 1.82) is 0 Å². The molecule has 1 atom stereocenters. The standard InChI is InChI=1S/C10H14N2O2/c1-6(10(13)14)4-9-7(2)11-5-12-8(9)3/h5-6H,4H2,1-3H3,(H,13,14). The van der Waals surface area contributed by atoms with E-state index in [1.54, 1.807) is 6.92 Å². The Morgan fingerprint density at radius 2 is 1.93 bits per heavy atom. The molecule has 1 rings (SSSR count). The number of aliphatic carboxylic acids is 1. The molecular weight excluding hydrogens is 180 g/mol. The van der Waals surface area contributed by atoms with Gasteiger partial charge in [0.25, 0.3) is 0 Å². The lowest BCUT2D eigenvalue weighted by Gasteiger charge is -2.10. The van der Waals surface area contributed by atoms with Crippen LogP contribution in [0.15, 0.2) is 6.33 Å². The van der Waals surface area contributed by atoms with E-state index < -0.39 is 11.9 Å². The average molecular weight is 194 g/mol. The average Bonchev–Trinajstić information content (AvgIpc) is 2.11. The summed E-state index contributed by atoms with van der Waals surface area (Å²) in [6, 6.07) is 0. The lowest BCUT2D eigenvalue weighted by molar-refractivity contribution is -0.141. The third-order valence-electron chi connectivity index (χ3n) is 2.31. The first-order valence-corrected chi connectivity index (χ1v) is 4.52. The number of hydrogen-bond donors (Lipinski definition) is 1. The molecule has 1 aromatic rings. The summed E-state index contributed by atoms with van der Waals surface area (Å²) >= 11 is 0. The van der Waals surface area contributed by atoms with E-state index >= 15 is 0 Å². The second-order valence-electron chi connectivity index (χ2n) is 3.47. The minimum Gasteiger partial charge on any atom is -0.481 e. The van der Waals surface area contributed by atoms with Gasteiger partial charge >= 0.3 is 5.97 Å². The molecule has 4 heteroatoms. The minimum atomic E-state index is -0.785. The highest BCUT2D eigenvalue weighted by Gasteiger charge is 2.15. The number of hydrogen-bond acceptors (Lipinski definition) is 3. The summed E-state index contributed by atoms with van der Waals surface area (Å²) in [6.45, 7) is 5.44. The van der Waals surface area contributed by atoms with E-state index in [1.807, 2.05) is 13.8 Å². The van der Waals surface area contributed by atoms with Gasteiger partial charge in [0.1, 0.15) is 6.33 Å². The first kappa shape index (κ1) is 10.6. The zero-order valence-corrected chi connectivity index (χ0v) is 8.61. The van der Waals surface area contributed by atoms with E-state index in [4.69, 9.17) is 5.11 Å². The summed E-state index contributed by atoms with van der Waals surface area (Å²) in [7, 11) is 0. The molecule has 0 saturated heterocycles. The van der Waals surface area contributed by atoms with Crippen molar-refractivity contribution in [3.63, 3.8) is 0 Å². The van der Waals surface area contributed by atoms with Gasteiger partial charge in [-0.1, -0.05) is 6.92 Å². The van der Waals surface area contributed by atoms with Crippen LogP contribution in [0.4, 0.5) is 0 Å². The monoisotopic (exact) mass is 194 g/mol. The van der Waals surface area contributed by atoms with Crippen LogP contribution < -0.4 is 0 Å². The van der Waals surface area contributed by atoms with Crippen LogP contribution in [-0.4, -0.2) is 21.0 Å². The minimum absolute atomic E-state index is 0.390. The molecule has 1 heterocycles. The second kappa shape index (κ2) is 4.17. The highest BCUT2D eigenvalue weighted by molar-refractivity contribution is 5.70. The smallest absolute Gasteiger partial charge is 0.306 e. The topological polar surface area (TPSA) is 63.1 Å². The number of nitrogens with zero attached hydrogens (tertiary/aromatic N) is 2. The maximum Gasteiger partial charge on any atom is 0.306 e. The maximum atomic E-state index is 10.7. The van der Waals surface area contributed by atoms with Crippen molar-refractivity contribution in [2.75, 3.05) is 0 Å². The molecule has 14 heavy (non-hydrogen) atoms. The van der Waals surface area contributed by atoms with Gasteiger partial charge in [-0.05, 0) is 25.8 Å². The molecule has 76 valence electrons. The van der Waals surface area contributed by atoms with Crippen LogP contribution in [0.3, 0.4) is 0 Å². The number of rotatable bonds is 3. The highest BCUT2D eigenvalue weighted by atomic mass is 16.4. The zero-order valence-electron chi connectivity index (χ0n) is 8.61. The molecule has 0 spiro atoms. The molecule has 0 bridgehead atoms.